The van der Waals surface area contributed by atoms with Crippen molar-refractivity contribution in [2.75, 3.05) is 0 Å². The van der Waals surface area contributed by atoms with Crippen molar-refractivity contribution in [2.45, 2.75) is 13.0 Å². The second kappa shape index (κ2) is 4.14. The third-order valence-electron chi connectivity index (χ3n) is 2.25. The third-order valence-corrected chi connectivity index (χ3v) is 2.25. The van der Waals surface area contributed by atoms with Crippen molar-refractivity contribution in [2.24, 2.45) is 5.73 Å². The molecule has 0 fully saturated rings. The topological polar surface area (TPSA) is 64.7 Å². The van der Waals surface area contributed by atoms with Crippen LogP contribution in [0, 0.1) is 6.92 Å². The molecule has 0 saturated carbocycles. The zero-order valence-electron chi connectivity index (χ0n) is 8.46. The zero-order chi connectivity index (χ0) is 10.7. The molecule has 0 saturated heterocycles. The number of pyridine rings is 1. The van der Waals surface area contributed by atoms with Gasteiger partial charge in [0, 0.05) is 18.6 Å². The summed E-state index contributed by atoms with van der Waals surface area (Å²) < 4.78 is 0. The van der Waals surface area contributed by atoms with E-state index in [0.717, 1.165) is 17.0 Å². The summed E-state index contributed by atoms with van der Waals surface area (Å²) in [6.45, 7) is 1.98. The summed E-state index contributed by atoms with van der Waals surface area (Å²) >= 11 is 0. The standard InChI is InChI=1S/C11H12N4/c1-8-3-2-4-15-11(8)10(12)9-7-13-5-6-14-9/h2-7,10H,12H2,1H3. The first kappa shape index (κ1) is 9.73. The van der Waals surface area contributed by atoms with Gasteiger partial charge in [-0.25, -0.2) is 0 Å². The summed E-state index contributed by atoms with van der Waals surface area (Å²) in [5, 5.41) is 0. The van der Waals surface area contributed by atoms with Gasteiger partial charge in [0.05, 0.1) is 23.6 Å². The van der Waals surface area contributed by atoms with Crippen LogP contribution < -0.4 is 5.73 Å². The maximum absolute atomic E-state index is 6.05. The summed E-state index contributed by atoms with van der Waals surface area (Å²) in [6.07, 6.45) is 6.66. The molecule has 2 N–H and O–H groups in total. The third kappa shape index (κ3) is 1.99. The van der Waals surface area contributed by atoms with Crippen LogP contribution in [0.2, 0.25) is 0 Å². The lowest BCUT2D eigenvalue weighted by Crippen LogP contribution is -2.16. The predicted molar refractivity (Wildman–Crippen MR) is 57.0 cm³/mol. The Balaban J connectivity index is 2.37. The molecule has 1 atom stereocenters. The molecular formula is C11H12N4. The lowest BCUT2D eigenvalue weighted by atomic mass is 10.1. The highest BCUT2D eigenvalue weighted by Gasteiger charge is 2.13. The Morgan fingerprint density at radius 3 is 2.73 bits per heavy atom. The second-order valence-corrected chi connectivity index (χ2v) is 3.31. The molecule has 2 heterocycles. The maximum atomic E-state index is 6.05. The molecule has 4 nitrogen and oxygen atoms in total. The van der Waals surface area contributed by atoms with E-state index in [4.69, 9.17) is 5.73 Å². The van der Waals surface area contributed by atoms with Gasteiger partial charge in [0.2, 0.25) is 0 Å². The summed E-state index contributed by atoms with van der Waals surface area (Å²) in [7, 11) is 0. The van der Waals surface area contributed by atoms with Crippen LogP contribution in [0.1, 0.15) is 23.0 Å². The lowest BCUT2D eigenvalue weighted by molar-refractivity contribution is 0.777. The van der Waals surface area contributed by atoms with Crippen molar-refractivity contribution in [3.63, 3.8) is 0 Å². The molecule has 0 radical (unpaired) electrons. The van der Waals surface area contributed by atoms with Crippen LogP contribution in [-0.2, 0) is 0 Å². The molecule has 0 aromatic carbocycles. The van der Waals surface area contributed by atoms with Crippen molar-refractivity contribution in [1.82, 2.24) is 15.0 Å². The van der Waals surface area contributed by atoms with E-state index in [-0.39, 0.29) is 6.04 Å². The molecule has 76 valence electrons. The number of hydrogen-bond acceptors (Lipinski definition) is 4. The summed E-state index contributed by atoms with van der Waals surface area (Å²) in [5.74, 6) is 0. The van der Waals surface area contributed by atoms with Gasteiger partial charge in [-0.1, -0.05) is 6.07 Å². The molecule has 0 spiro atoms. The number of nitrogens with zero attached hydrogens (tertiary/aromatic N) is 3. The van der Waals surface area contributed by atoms with Crippen LogP contribution in [0.5, 0.6) is 0 Å². The van der Waals surface area contributed by atoms with Gasteiger partial charge in [0.1, 0.15) is 0 Å². The summed E-state index contributed by atoms with van der Waals surface area (Å²) in [5.41, 5.74) is 8.70. The van der Waals surface area contributed by atoms with Crippen molar-refractivity contribution >= 4 is 0 Å². The number of aromatic nitrogens is 3. The van der Waals surface area contributed by atoms with Crippen LogP contribution >= 0.6 is 0 Å². The van der Waals surface area contributed by atoms with Gasteiger partial charge >= 0.3 is 0 Å². The second-order valence-electron chi connectivity index (χ2n) is 3.31. The quantitative estimate of drug-likeness (QED) is 0.791. The SMILES string of the molecule is Cc1cccnc1C(N)c1cnccn1. The maximum Gasteiger partial charge on any atom is 0.0918 e. The van der Waals surface area contributed by atoms with Gasteiger partial charge in [-0.3, -0.25) is 15.0 Å². The molecule has 0 aliphatic heterocycles. The fourth-order valence-electron chi connectivity index (χ4n) is 1.43. The minimum Gasteiger partial charge on any atom is -0.318 e. The average molecular weight is 200 g/mol. The van der Waals surface area contributed by atoms with E-state index < -0.39 is 0 Å². The Morgan fingerprint density at radius 2 is 2.07 bits per heavy atom. The van der Waals surface area contributed by atoms with Crippen molar-refractivity contribution in [1.29, 1.82) is 0 Å². The molecule has 0 aliphatic carbocycles. The van der Waals surface area contributed by atoms with Gasteiger partial charge in [-0.15, -0.1) is 0 Å². The van der Waals surface area contributed by atoms with E-state index in [2.05, 4.69) is 15.0 Å². The molecule has 0 aliphatic rings. The van der Waals surface area contributed by atoms with Gasteiger partial charge < -0.3 is 5.73 Å². The fourth-order valence-corrected chi connectivity index (χ4v) is 1.43. The molecule has 1 unspecified atom stereocenters. The summed E-state index contributed by atoms with van der Waals surface area (Å²) in [4.78, 5) is 12.4. The molecule has 2 rings (SSSR count). The molecular weight excluding hydrogens is 188 g/mol. The van der Waals surface area contributed by atoms with E-state index in [0.29, 0.717) is 0 Å². The minimum absolute atomic E-state index is 0.306. The molecule has 0 amide bonds. The lowest BCUT2D eigenvalue weighted by Gasteiger charge is -2.11. The van der Waals surface area contributed by atoms with E-state index >= 15 is 0 Å². The first-order valence-corrected chi connectivity index (χ1v) is 4.72. The molecule has 2 aromatic heterocycles. The molecule has 2 aromatic rings. The summed E-state index contributed by atoms with van der Waals surface area (Å²) in [6, 6.07) is 3.57. The first-order valence-electron chi connectivity index (χ1n) is 4.72. The minimum atomic E-state index is -0.306. The van der Waals surface area contributed by atoms with Crippen molar-refractivity contribution in [3.05, 3.63) is 53.9 Å². The van der Waals surface area contributed by atoms with Crippen LogP contribution in [0.25, 0.3) is 0 Å². The van der Waals surface area contributed by atoms with Gasteiger partial charge in [-0.05, 0) is 18.6 Å². The molecule has 4 heteroatoms. The molecule has 15 heavy (non-hydrogen) atoms. The average Bonchev–Trinajstić information content (AvgIpc) is 2.30. The number of rotatable bonds is 2. The van der Waals surface area contributed by atoms with Crippen LogP contribution in [0.4, 0.5) is 0 Å². The zero-order valence-corrected chi connectivity index (χ0v) is 8.46. The Hall–Kier alpha value is -1.81. The van der Waals surface area contributed by atoms with Crippen LogP contribution in [-0.4, -0.2) is 15.0 Å². The fraction of sp³-hybridized carbons (Fsp3) is 0.182. The largest absolute Gasteiger partial charge is 0.318 e. The van der Waals surface area contributed by atoms with Crippen LogP contribution in [0.15, 0.2) is 36.9 Å². The number of nitrogens with two attached hydrogens (primary N) is 1. The van der Waals surface area contributed by atoms with E-state index in [1.54, 1.807) is 24.8 Å². The van der Waals surface area contributed by atoms with Gasteiger partial charge in [-0.2, -0.15) is 0 Å². The normalized spacial score (nSPS) is 12.4. The Labute approximate surface area is 88.2 Å². The monoisotopic (exact) mass is 200 g/mol. The highest BCUT2D eigenvalue weighted by atomic mass is 14.9. The smallest absolute Gasteiger partial charge is 0.0918 e. The van der Waals surface area contributed by atoms with Gasteiger partial charge in [0.25, 0.3) is 0 Å². The van der Waals surface area contributed by atoms with E-state index in [1.807, 2.05) is 19.1 Å². The van der Waals surface area contributed by atoms with E-state index in [9.17, 15) is 0 Å². The number of hydrogen-bond donors (Lipinski definition) is 1. The molecule has 0 bridgehead atoms. The Bertz CT molecular complexity index is 441. The van der Waals surface area contributed by atoms with Crippen LogP contribution in [0.3, 0.4) is 0 Å². The van der Waals surface area contributed by atoms with Crippen molar-refractivity contribution < 1.29 is 0 Å². The Morgan fingerprint density at radius 1 is 1.20 bits per heavy atom. The Kier molecular flexibility index (Phi) is 2.69. The number of aryl methyl sites for hydroxylation is 1. The van der Waals surface area contributed by atoms with Gasteiger partial charge in [0.15, 0.2) is 0 Å². The van der Waals surface area contributed by atoms with Crippen molar-refractivity contribution in [3.8, 4) is 0 Å². The highest BCUT2D eigenvalue weighted by molar-refractivity contribution is 5.26. The van der Waals surface area contributed by atoms with E-state index in [1.165, 1.54) is 0 Å². The predicted octanol–water partition coefficient (Wildman–Crippen LogP) is 1.23. The highest BCUT2D eigenvalue weighted by Crippen LogP contribution is 2.17. The first-order chi connectivity index (χ1) is 7.29.